The van der Waals surface area contributed by atoms with Gasteiger partial charge < -0.3 is 10.4 Å². The number of anilines is 1. The molecule has 0 radical (unpaired) electrons. The van der Waals surface area contributed by atoms with Gasteiger partial charge in [0.1, 0.15) is 12.3 Å². The Hall–Kier alpha value is -2.14. The Labute approximate surface area is 144 Å². The number of benzene rings is 2. The molecule has 0 aliphatic heterocycles. The lowest BCUT2D eigenvalue weighted by Gasteiger charge is -2.12. The summed E-state index contributed by atoms with van der Waals surface area (Å²) in [6.07, 6.45) is 1.49. The first-order valence-electron chi connectivity index (χ1n) is 7.23. The SMILES string of the molecule is Cc1cc(C)c(NC(=O)CN=Cc2cc(Br)ccc2O)c(C)c1. The van der Waals surface area contributed by atoms with Crippen LogP contribution < -0.4 is 5.32 Å². The number of aryl methyl sites for hydroxylation is 3. The van der Waals surface area contributed by atoms with Crippen molar-refractivity contribution in [2.75, 3.05) is 11.9 Å². The quantitative estimate of drug-likeness (QED) is 0.790. The van der Waals surface area contributed by atoms with Gasteiger partial charge in [-0.25, -0.2) is 0 Å². The zero-order chi connectivity index (χ0) is 17.0. The third kappa shape index (κ3) is 4.66. The van der Waals surface area contributed by atoms with Gasteiger partial charge in [-0.1, -0.05) is 33.6 Å². The second-order valence-corrected chi connectivity index (χ2v) is 6.41. The lowest BCUT2D eigenvalue weighted by molar-refractivity contribution is -0.114. The summed E-state index contributed by atoms with van der Waals surface area (Å²) in [6.45, 7) is 5.97. The van der Waals surface area contributed by atoms with E-state index in [0.717, 1.165) is 21.3 Å². The van der Waals surface area contributed by atoms with Gasteiger partial charge in [0.15, 0.2) is 0 Å². The van der Waals surface area contributed by atoms with Gasteiger partial charge in [-0.3, -0.25) is 9.79 Å². The van der Waals surface area contributed by atoms with E-state index < -0.39 is 0 Å². The number of hydrogen-bond acceptors (Lipinski definition) is 3. The molecule has 2 aromatic rings. The van der Waals surface area contributed by atoms with E-state index in [-0.39, 0.29) is 18.2 Å². The molecule has 0 atom stereocenters. The Morgan fingerprint density at radius 3 is 2.52 bits per heavy atom. The molecule has 0 saturated carbocycles. The molecule has 0 spiro atoms. The Balaban J connectivity index is 2.03. The monoisotopic (exact) mass is 374 g/mol. The normalized spacial score (nSPS) is 11.0. The second kappa shape index (κ2) is 7.42. The van der Waals surface area contributed by atoms with Crippen molar-refractivity contribution >= 4 is 33.7 Å². The molecule has 1 amide bonds. The summed E-state index contributed by atoms with van der Waals surface area (Å²) in [6, 6.07) is 9.12. The highest BCUT2D eigenvalue weighted by Gasteiger charge is 2.07. The minimum atomic E-state index is -0.189. The van der Waals surface area contributed by atoms with Gasteiger partial charge in [0.25, 0.3) is 0 Å². The van der Waals surface area contributed by atoms with Gasteiger partial charge in [0.05, 0.1) is 0 Å². The van der Waals surface area contributed by atoms with E-state index in [1.165, 1.54) is 11.8 Å². The average Bonchev–Trinajstić information content (AvgIpc) is 2.46. The van der Waals surface area contributed by atoms with Crippen LogP contribution in [0.3, 0.4) is 0 Å². The fourth-order valence-electron chi connectivity index (χ4n) is 2.41. The fourth-order valence-corrected chi connectivity index (χ4v) is 2.79. The van der Waals surface area contributed by atoms with E-state index in [0.29, 0.717) is 5.56 Å². The summed E-state index contributed by atoms with van der Waals surface area (Å²) >= 11 is 3.33. The molecular weight excluding hydrogens is 356 g/mol. The number of nitrogens with zero attached hydrogens (tertiary/aromatic N) is 1. The van der Waals surface area contributed by atoms with Crippen molar-refractivity contribution < 1.29 is 9.90 Å². The van der Waals surface area contributed by atoms with Gasteiger partial charge in [0, 0.05) is 21.9 Å². The zero-order valence-electron chi connectivity index (χ0n) is 13.4. The maximum atomic E-state index is 12.0. The number of halogens is 1. The first-order valence-corrected chi connectivity index (χ1v) is 8.02. The predicted octanol–water partition coefficient (Wildman–Crippen LogP) is 4.14. The van der Waals surface area contributed by atoms with Crippen LogP contribution >= 0.6 is 15.9 Å². The third-order valence-electron chi connectivity index (χ3n) is 3.40. The van der Waals surface area contributed by atoms with Crippen LogP contribution in [0.25, 0.3) is 0 Å². The molecule has 0 fully saturated rings. The van der Waals surface area contributed by atoms with Crippen LogP contribution in [0.5, 0.6) is 5.75 Å². The van der Waals surface area contributed by atoms with E-state index in [1.54, 1.807) is 18.2 Å². The molecule has 120 valence electrons. The minimum absolute atomic E-state index is 0.00128. The van der Waals surface area contributed by atoms with Crippen LogP contribution in [0.2, 0.25) is 0 Å². The number of rotatable bonds is 4. The van der Waals surface area contributed by atoms with E-state index >= 15 is 0 Å². The molecule has 0 aliphatic rings. The lowest BCUT2D eigenvalue weighted by Crippen LogP contribution is -2.16. The molecule has 2 aromatic carbocycles. The molecule has 2 N–H and O–H groups in total. The first-order chi connectivity index (χ1) is 10.9. The van der Waals surface area contributed by atoms with Gasteiger partial charge in [-0.15, -0.1) is 0 Å². The van der Waals surface area contributed by atoms with Crippen LogP contribution in [0.4, 0.5) is 5.69 Å². The van der Waals surface area contributed by atoms with Crippen molar-refractivity contribution in [1.29, 1.82) is 0 Å². The third-order valence-corrected chi connectivity index (χ3v) is 3.89. The molecular formula is C18H19BrN2O2. The number of phenols is 1. The summed E-state index contributed by atoms with van der Waals surface area (Å²) in [4.78, 5) is 16.1. The average molecular weight is 375 g/mol. The molecule has 0 aliphatic carbocycles. The summed E-state index contributed by atoms with van der Waals surface area (Å²) in [7, 11) is 0. The van der Waals surface area contributed by atoms with Crippen LogP contribution in [0.15, 0.2) is 39.8 Å². The molecule has 0 bridgehead atoms. The highest BCUT2D eigenvalue weighted by molar-refractivity contribution is 9.10. The maximum absolute atomic E-state index is 12.0. The Kier molecular flexibility index (Phi) is 5.55. The van der Waals surface area contributed by atoms with Crippen molar-refractivity contribution in [1.82, 2.24) is 0 Å². The number of carbonyl (C=O) groups excluding carboxylic acids is 1. The number of aliphatic imine (C=N–C) groups is 1. The van der Waals surface area contributed by atoms with Crippen molar-refractivity contribution in [2.45, 2.75) is 20.8 Å². The van der Waals surface area contributed by atoms with Crippen molar-refractivity contribution in [3.05, 3.63) is 57.1 Å². The topological polar surface area (TPSA) is 61.7 Å². The smallest absolute Gasteiger partial charge is 0.246 e. The summed E-state index contributed by atoms with van der Waals surface area (Å²) in [5, 5.41) is 12.6. The Morgan fingerprint density at radius 2 is 1.87 bits per heavy atom. The Bertz CT molecular complexity index is 747. The lowest BCUT2D eigenvalue weighted by atomic mass is 10.1. The van der Waals surface area contributed by atoms with Gasteiger partial charge >= 0.3 is 0 Å². The van der Waals surface area contributed by atoms with Gasteiger partial charge in [-0.05, 0) is 50.1 Å². The molecule has 0 unspecified atom stereocenters. The standard InChI is InChI=1S/C18H19BrN2O2/c1-11-6-12(2)18(13(3)7-11)21-17(23)10-20-9-14-8-15(19)4-5-16(14)22/h4-9,22H,10H2,1-3H3,(H,21,23). The minimum Gasteiger partial charge on any atom is -0.507 e. The number of hydrogen-bond donors (Lipinski definition) is 2. The Morgan fingerprint density at radius 1 is 1.22 bits per heavy atom. The van der Waals surface area contributed by atoms with Crippen molar-refractivity contribution in [3.63, 3.8) is 0 Å². The number of aromatic hydroxyl groups is 1. The van der Waals surface area contributed by atoms with E-state index in [9.17, 15) is 9.90 Å². The number of amides is 1. The highest BCUT2D eigenvalue weighted by Crippen LogP contribution is 2.22. The number of carbonyl (C=O) groups is 1. The van der Waals surface area contributed by atoms with E-state index in [1.807, 2.05) is 32.9 Å². The number of nitrogens with one attached hydrogen (secondary N) is 1. The summed E-state index contributed by atoms with van der Waals surface area (Å²) in [5.74, 6) is -0.0617. The van der Waals surface area contributed by atoms with E-state index in [2.05, 4.69) is 26.2 Å². The molecule has 23 heavy (non-hydrogen) atoms. The van der Waals surface area contributed by atoms with Crippen LogP contribution in [-0.2, 0) is 4.79 Å². The van der Waals surface area contributed by atoms with E-state index in [4.69, 9.17) is 0 Å². The second-order valence-electron chi connectivity index (χ2n) is 5.49. The molecule has 0 saturated heterocycles. The number of phenolic OH excluding ortho intramolecular Hbond substituents is 1. The van der Waals surface area contributed by atoms with Crippen molar-refractivity contribution in [3.8, 4) is 5.75 Å². The van der Waals surface area contributed by atoms with Gasteiger partial charge in [0.2, 0.25) is 5.91 Å². The van der Waals surface area contributed by atoms with Crippen LogP contribution in [-0.4, -0.2) is 23.8 Å². The molecule has 5 heteroatoms. The molecule has 2 rings (SSSR count). The van der Waals surface area contributed by atoms with Crippen molar-refractivity contribution in [2.24, 2.45) is 4.99 Å². The largest absolute Gasteiger partial charge is 0.507 e. The fraction of sp³-hybridized carbons (Fsp3) is 0.222. The molecule has 4 nitrogen and oxygen atoms in total. The molecule has 0 aromatic heterocycles. The zero-order valence-corrected chi connectivity index (χ0v) is 14.9. The predicted molar refractivity (Wildman–Crippen MR) is 97.6 cm³/mol. The van der Waals surface area contributed by atoms with Crippen LogP contribution in [0.1, 0.15) is 22.3 Å². The maximum Gasteiger partial charge on any atom is 0.246 e. The first kappa shape index (κ1) is 17.2. The van der Waals surface area contributed by atoms with Crippen LogP contribution in [0, 0.1) is 20.8 Å². The highest BCUT2D eigenvalue weighted by atomic mass is 79.9. The van der Waals surface area contributed by atoms with Gasteiger partial charge in [-0.2, -0.15) is 0 Å². The summed E-state index contributed by atoms with van der Waals surface area (Å²) < 4.78 is 0.840. The summed E-state index contributed by atoms with van der Waals surface area (Å²) in [5.41, 5.74) is 4.63. The molecule has 0 heterocycles.